The minimum atomic E-state index is -0.593. The van der Waals surface area contributed by atoms with Gasteiger partial charge in [-0.05, 0) is 31.0 Å². The Kier molecular flexibility index (Phi) is 7.29. The van der Waals surface area contributed by atoms with Crippen molar-refractivity contribution in [2.45, 2.75) is 39.3 Å². The molecule has 0 radical (unpaired) electrons. The van der Waals surface area contributed by atoms with Crippen LogP contribution in [0.3, 0.4) is 0 Å². The van der Waals surface area contributed by atoms with Crippen LogP contribution in [0.15, 0.2) is 36.9 Å². The molecule has 2 amide bonds. The van der Waals surface area contributed by atoms with Gasteiger partial charge < -0.3 is 10.2 Å². The molecular formula is C17H23FN2O2. The highest BCUT2D eigenvalue weighted by molar-refractivity contribution is 5.87. The van der Waals surface area contributed by atoms with Gasteiger partial charge in [0.15, 0.2) is 0 Å². The molecule has 5 heteroatoms. The predicted molar refractivity (Wildman–Crippen MR) is 84.5 cm³/mol. The van der Waals surface area contributed by atoms with Crippen LogP contribution in [0.1, 0.15) is 32.3 Å². The molecule has 0 spiro atoms. The molecule has 4 nitrogen and oxygen atoms in total. The number of hydrogen-bond donors (Lipinski definition) is 1. The van der Waals surface area contributed by atoms with Gasteiger partial charge in [0.25, 0.3) is 0 Å². The second-order valence-electron chi connectivity index (χ2n) is 5.11. The maximum absolute atomic E-state index is 13.0. The van der Waals surface area contributed by atoms with E-state index in [0.717, 1.165) is 5.56 Å². The molecule has 0 aliphatic carbocycles. The van der Waals surface area contributed by atoms with Crippen molar-refractivity contribution >= 4 is 11.8 Å². The summed E-state index contributed by atoms with van der Waals surface area (Å²) in [5.41, 5.74) is 0.786. The van der Waals surface area contributed by atoms with Crippen LogP contribution in [0.2, 0.25) is 0 Å². The minimum absolute atomic E-state index is 0.0897. The Hall–Kier alpha value is -2.17. The summed E-state index contributed by atoms with van der Waals surface area (Å²) in [6, 6.07) is 5.34. The van der Waals surface area contributed by atoms with E-state index >= 15 is 0 Å². The molecule has 1 aromatic carbocycles. The lowest BCUT2D eigenvalue weighted by Gasteiger charge is -2.28. The largest absolute Gasteiger partial charge is 0.351 e. The van der Waals surface area contributed by atoms with Gasteiger partial charge in [-0.1, -0.05) is 25.1 Å². The molecule has 0 heterocycles. The zero-order valence-electron chi connectivity index (χ0n) is 13.1. The lowest BCUT2D eigenvalue weighted by molar-refractivity contribution is -0.140. The number of carbonyl (C=O) groups excluding carboxylic acids is 2. The van der Waals surface area contributed by atoms with E-state index in [9.17, 15) is 14.0 Å². The van der Waals surface area contributed by atoms with Crippen LogP contribution in [0, 0.1) is 5.82 Å². The molecule has 22 heavy (non-hydrogen) atoms. The van der Waals surface area contributed by atoms with E-state index in [0.29, 0.717) is 19.4 Å². The van der Waals surface area contributed by atoms with Gasteiger partial charge in [-0.15, -0.1) is 6.58 Å². The van der Waals surface area contributed by atoms with Crippen LogP contribution >= 0.6 is 0 Å². The summed E-state index contributed by atoms with van der Waals surface area (Å²) in [6.07, 6.45) is 2.67. The lowest BCUT2D eigenvalue weighted by Crippen LogP contribution is -2.47. The fourth-order valence-electron chi connectivity index (χ4n) is 2.05. The molecule has 120 valence electrons. The van der Waals surface area contributed by atoms with Crippen LogP contribution in [0.4, 0.5) is 4.39 Å². The van der Waals surface area contributed by atoms with Gasteiger partial charge in [-0.25, -0.2) is 4.39 Å². The summed E-state index contributed by atoms with van der Waals surface area (Å²) in [7, 11) is 0. The van der Waals surface area contributed by atoms with Gasteiger partial charge in [-0.3, -0.25) is 9.59 Å². The van der Waals surface area contributed by atoms with Crippen LogP contribution < -0.4 is 5.32 Å². The third-order valence-corrected chi connectivity index (χ3v) is 3.32. The molecule has 0 aromatic heterocycles. The first kappa shape index (κ1) is 17.9. The highest BCUT2D eigenvalue weighted by Crippen LogP contribution is 2.12. The molecule has 1 aromatic rings. The van der Waals surface area contributed by atoms with Gasteiger partial charge in [0.1, 0.15) is 11.9 Å². The second-order valence-corrected chi connectivity index (χ2v) is 5.11. The van der Waals surface area contributed by atoms with E-state index in [2.05, 4.69) is 11.9 Å². The fourth-order valence-corrected chi connectivity index (χ4v) is 2.05. The van der Waals surface area contributed by atoms with Crippen molar-refractivity contribution in [3.8, 4) is 0 Å². The highest BCUT2D eigenvalue weighted by Gasteiger charge is 2.25. The third kappa shape index (κ3) is 5.31. The van der Waals surface area contributed by atoms with Crippen molar-refractivity contribution in [2.75, 3.05) is 6.54 Å². The average Bonchev–Trinajstić information content (AvgIpc) is 2.51. The number of benzene rings is 1. The molecule has 1 atom stereocenters. The molecule has 1 rings (SSSR count). The van der Waals surface area contributed by atoms with E-state index < -0.39 is 6.04 Å². The predicted octanol–water partition coefficient (Wildman–Crippen LogP) is 2.65. The monoisotopic (exact) mass is 306 g/mol. The van der Waals surface area contributed by atoms with Crippen molar-refractivity contribution in [1.29, 1.82) is 0 Å². The van der Waals surface area contributed by atoms with E-state index in [-0.39, 0.29) is 24.2 Å². The maximum atomic E-state index is 13.0. The number of halogens is 1. The summed E-state index contributed by atoms with van der Waals surface area (Å²) in [5.74, 6) is -0.647. The smallest absolute Gasteiger partial charge is 0.242 e. The summed E-state index contributed by atoms with van der Waals surface area (Å²) < 4.78 is 13.0. The molecule has 0 fully saturated rings. The van der Waals surface area contributed by atoms with E-state index in [4.69, 9.17) is 0 Å². The van der Waals surface area contributed by atoms with E-state index in [1.54, 1.807) is 25.1 Å². The van der Waals surface area contributed by atoms with Crippen molar-refractivity contribution in [2.24, 2.45) is 0 Å². The van der Waals surface area contributed by atoms with Gasteiger partial charge in [0, 0.05) is 19.5 Å². The molecule has 1 unspecified atom stereocenters. The van der Waals surface area contributed by atoms with E-state index in [1.165, 1.54) is 17.0 Å². The van der Waals surface area contributed by atoms with Crippen molar-refractivity contribution in [3.63, 3.8) is 0 Å². The Labute approximate surface area is 131 Å². The summed E-state index contributed by atoms with van der Waals surface area (Å²) in [4.78, 5) is 25.9. The Morgan fingerprint density at radius 2 is 2.00 bits per heavy atom. The molecular weight excluding hydrogens is 283 g/mol. The topological polar surface area (TPSA) is 49.4 Å². The summed E-state index contributed by atoms with van der Waals surface area (Å²) >= 11 is 0. The first-order valence-corrected chi connectivity index (χ1v) is 7.42. The van der Waals surface area contributed by atoms with Gasteiger partial charge in [0.2, 0.25) is 11.8 Å². The van der Waals surface area contributed by atoms with E-state index in [1.807, 2.05) is 6.92 Å². The molecule has 0 saturated heterocycles. The lowest BCUT2D eigenvalue weighted by atomic mass is 10.1. The Balaban J connectivity index is 2.87. The molecule has 1 N–H and O–H groups in total. The Bertz CT molecular complexity index is 514. The number of carbonyl (C=O) groups is 2. The zero-order chi connectivity index (χ0) is 16.5. The number of hydrogen-bond acceptors (Lipinski definition) is 2. The molecule has 0 aliphatic heterocycles. The fraction of sp³-hybridized carbons (Fsp3) is 0.412. The average molecular weight is 306 g/mol. The van der Waals surface area contributed by atoms with Crippen molar-refractivity contribution in [3.05, 3.63) is 48.3 Å². The first-order chi connectivity index (χ1) is 10.5. The zero-order valence-corrected chi connectivity index (χ0v) is 13.1. The van der Waals surface area contributed by atoms with Crippen LogP contribution in [0.5, 0.6) is 0 Å². The highest BCUT2D eigenvalue weighted by atomic mass is 19.1. The summed E-state index contributed by atoms with van der Waals surface area (Å²) in [5, 5.41) is 2.69. The van der Waals surface area contributed by atoms with Crippen molar-refractivity contribution < 1.29 is 14.0 Å². The normalized spacial score (nSPS) is 11.6. The second kappa shape index (κ2) is 8.97. The maximum Gasteiger partial charge on any atom is 0.242 e. The molecule has 0 saturated carbocycles. The standard InChI is InChI=1S/C17H23FN2O2/c1-4-6-16(21)20(13(3)17(22)19-11-5-2)12-14-7-9-15(18)10-8-14/h5,7-10,13H,2,4,6,11-12H2,1,3H3,(H,19,22). The van der Waals surface area contributed by atoms with Gasteiger partial charge in [-0.2, -0.15) is 0 Å². The number of rotatable bonds is 8. The molecule has 0 aliphatic rings. The SMILES string of the molecule is C=CCNC(=O)C(C)N(Cc1ccc(F)cc1)C(=O)CCC. The van der Waals surface area contributed by atoms with Crippen molar-refractivity contribution in [1.82, 2.24) is 10.2 Å². The van der Waals surface area contributed by atoms with Crippen LogP contribution in [-0.4, -0.2) is 29.3 Å². The van der Waals surface area contributed by atoms with Crippen LogP contribution in [0.25, 0.3) is 0 Å². The van der Waals surface area contributed by atoms with Crippen LogP contribution in [-0.2, 0) is 16.1 Å². The minimum Gasteiger partial charge on any atom is -0.351 e. The van der Waals surface area contributed by atoms with Gasteiger partial charge in [0.05, 0.1) is 0 Å². The summed E-state index contributed by atoms with van der Waals surface area (Å²) in [6.45, 7) is 7.79. The molecule has 0 bridgehead atoms. The number of nitrogens with one attached hydrogen (secondary N) is 1. The quantitative estimate of drug-likeness (QED) is 0.751. The Morgan fingerprint density at radius 1 is 1.36 bits per heavy atom. The van der Waals surface area contributed by atoms with Gasteiger partial charge >= 0.3 is 0 Å². The third-order valence-electron chi connectivity index (χ3n) is 3.32. The number of nitrogens with zero attached hydrogens (tertiary/aromatic N) is 1. The Morgan fingerprint density at radius 3 is 2.55 bits per heavy atom. The number of amides is 2. The first-order valence-electron chi connectivity index (χ1n) is 7.42.